The molecule has 174 valence electrons. The number of Topliss-reactive ketones (excluding diaryl/α,β-unsaturated/α-hetero) is 1. The van der Waals surface area contributed by atoms with E-state index in [1.165, 1.54) is 37.7 Å². The predicted molar refractivity (Wildman–Crippen MR) is 133 cm³/mol. The molecule has 0 N–H and O–H groups in total. The molecule has 0 unspecified atom stereocenters. The summed E-state index contributed by atoms with van der Waals surface area (Å²) < 4.78 is 5.58. The van der Waals surface area contributed by atoms with Gasteiger partial charge in [-0.1, -0.05) is 106 Å². The van der Waals surface area contributed by atoms with E-state index < -0.39 is 6.10 Å². The zero-order valence-corrected chi connectivity index (χ0v) is 19.6. The Morgan fingerprint density at radius 3 is 2.27 bits per heavy atom. The molecular formula is C30H36O3. The highest BCUT2D eigenvalue weighted by atomic mass is 16.6. The fourth-order valence-corrected chi connectivity index (χ4v) is 5.59. The highest BCUT2D eigenvalue weighted by Gasteiger charge is 2.40. The first kappa shape index (κ1) is 23.5. The van der Waals surface area contributed by atoms with Crippen LogP contribution in [0.25, 0.3) is 6.08 Å². The van der Waals surface area contributed by atoms with Crippen molar-refractivity contribution in [3.05, 3.63) is 77.9 Å². The number of cyclic esters (lactones) is 1. The van der Waals surface area contributed by atoms with Crippen molar-refractivity contribution in [2.24, 2.45) is 17.8 Å². The lowest BCUT2D eigenvalue weighted by atomic mass is 9.79. The van der Waals surface area contributed by atoms with E-state index in [2.05, 4.69) is 36.9 Å². The molecule has 0 amide bonds. The Morgan fingerprint density at radius 1 is 0.939 bits per heavy atom. The lowest BCUT2D eigenvalue weighted by molar-refractivity contribution is -0.141. The Bertz CT molecular complexity index is 921. The molecule has 0 radical (unpaired) electrons. The summed E-state index contributed by atoms with van der Waals surface area (Å²) in [4.78, 5) is 25.3. The molecule has 33 heavy (non-hydrogen) atoms. The van der Waals surface area contributed by atoms with Crippen LogP contribution in [-0.2, 0) is 20.7 Å². The smallest absolute Gasteiger partial charge is 0.307 e. The van der Waals surface area contributed by atoms with Gasteiger partial charge in [-0.05, 0) is 41.4 Å². The Morgan fingerprint density at radius 2 is 1.61 bits per heavy atom. The van der Waals surface area contributed by atoms with Gasteiger partial charge in [0.15, 0.2) is 0 Å². The van der Waals surface area contributed by atoms with Gasteiger partial charge < -0.3 is 4.74 Å². The van der Waals surface area contributed by atoms with Gasteiger partial charge in [-0.25, -0.2) is 0 Å². The maximum Gasteiger partial charge on any atom is 0.307 e. The number of benzene rings is 2. The van der Waals surface area contributed by atoms with Crippen LogP contribution in [0.3, 0.4) is 0 Å². The number of hydrogen-bond acceptors (Lipinski definition) is 3. The van der Waals surface area contributed by atoms with Crippen LogP contribution in [0.5, 0.6) is 0 Å². The molecule has 0 spiro atoms. The molecule has 2 aromatic rings. The molecule has 1 aliphatic heterocycles. The zero-order valence-electron chi connectivity index (χ0n) is 19.6. The van der Waals surface area contributed by atoms with Crippen LogP contribution in [0.15, 0.2) is 61.2 Å². The van der Waals surface area contributed by atoms with E-state index in [0.717, 1.165) is 36.3 Å². The molecule has 1 saturated heterocycles. The van der Waals surface area contributed by atoms with Crippen LogP contribution in [0.4, 0.5) is 0 Å². The van der Waals surface area contributed by atoms with Crippen molar-refractivity contribution in [2.45, 2.75) is 70.3 Å². The van der Waals surface area contributed by atoms with E-state index in [-0.39, 0.29) is 24.1 Å². The first-order valence-corrected chi connectivity index (χ1v) is 12.6. The van der Waals surface area contributed by atoms with Gasteiger partial charge in [-0.2, -0.15) is 0 Å². The second kappa shape index (κ2) is 11.4. The van der Waals surface area contributed by atoms with Crippen molar-refractivity contribution >= 4 is 17.8 Å². The van der Waals surface area contributed by atoms with Crippen molar-refractivity contribution in [3.8, 4) is 0 Å². The summed E-state index contributed by atoms with van der Waals surface area (Å²) >= 11 is 0. The zero-order chi connectivity index (χ0) is 23.0. The average molecular weight is 445 g/mol. The van der Waals surface area contributed by atoms with E-state index in [4.69, 9.17) is 4.74 Å². The van der Waals surface area contributed by atoms with Crippen LogP contribution in [-0.4, -0.2) is 11.8 Å². The van der Waals surface area contributed by atoms with E-state index in [1.807, 2.05) is 24.3 Å². The number of rotatable bonds is 8. The Hall–Kier alpha value is -2.68. The minimum absolute atomic E-state index is 0.199. The summed E-state index contributed by atoms with van der Waals surface area (Å²) in [5.41, 5.74) is 3.36. The summed E-state index contributed by atoms with van der Waals surface area (Å²) in [7, 11) is 0. The van der Waals surface area contributed by atoms with E-state index in [0.29, 0.717) is 12.3 Å². The van der Waals surface area contributed by atoms with Crippen LogP contribution in [0.2, 0.25) is 0 Å². The minimum atomic E-state index is -0.445. The highest BCUT2D eigenvalue weighted by Crippen LogP contribution is 2.39. The lowest BCUT2D eigenvalue weighted by Gasteiger charge is -2.25. The average Bonchev–Trinajstić information content (AvgIpc) is 3.22. The van der Waals surface area contributed by atoms with Crippen molar-refractivity contribution in [2.75, 3.05) is 0 Å². The molecule has 2 atom stereocenters. The molecule has 4 rings (SSSR count). The van der Waals surface area contributed by atoms with E-state index in [9.17, 15) is 9.59 Å². The quantitative estimate of drug-likeness (QED) is 0.407. The summed E-state index contributed by atoms with van der Waals surface area (Å²) in [6.07, 6.45) is 11.7. The fraction of sp³-hybridized carbons (Fsp3) is 0.467. The molecule has 2 aliphatic rings. The first-order chi connectivity index (χ1) is 16.1. The van der Waals surface area contributed by atoms with Gasteiger partial charge in [-0.3, -0.25) is 9.59 Å². The summed E-state index contributed by atoms with van der Waals surface area (Å²) in [6, 6.07) is 18.6. The Balaban J connectivity index is 1.28. The fourth-order valence-electron chi connectivity index (χ4n) is 5.59. The van der Waals surface area contributed by atoms with Crippen molar-refractivity contribution in [3.63, 3.8) is 0 Å². The van der Waals surface area contributed by atoms with Crippen LogP contribution >= 0.6 is 0 Å². The van der Waals surface area contributed by atoms with E-state index in [1.54, 1.807) is 6.08 Å². The van der Waals surface area contributed by atoms with Crippen molar-refractivity contribution in [1.82, 2.24) is 0 Å². The second-order valence-electron chi connectivity index (χ2n) is 9.88. The molecule has 1 saturated carbocycles. The number of esters is 1. The molecule has 1 heterocycles. The Labute approximate surface area is 198 Å². The molecule has 3 heteroatoms. The van der Waals surface area contributed by atoms with Gasteiger partial charge in [0.25, 0.3) is 0 Å². The monoisotopic (exact) mass is 444 g/mol. The second-order valence-corrected chi connectivity index (χ2v) is 9.88. The third kappa shape index (κ3) is 6.43. The number of ketones is 1. The van der Waals surface area contributed by atoms with Gasteiger partial charge in [0.1, 0.15) is 11.9 Å². The normalized spacial score (nSPS) is 25.6. The standard InChI is InChI=1S/C30H36O3/c1-2-22-16-18-26(19-17-22)30-27(21-29(32)33-30)28(31)20-25-12-6-10-24(11-7-13-25)15-14-23-8-4-3-5-9-23/h2-5,8-9,16-19,24-25,27,30H,1,6-7,10-15,20-21H2/t24?,25?,27-,30-/m1/s1. The van der Waals surface area contributed by atoms with Crippen molar-refractivity contribution in [1.29, 1.82) is 0 Å². The van der Waals surface area contributed by atoms with Gasteiger partial charge in [-0.15, -0.1) is 0 Å². The van der Waals surface area contributed by atoms with Gasteiger partial charge in [0, 0.05) is 6.42 Å². The van der Waals surface area contributed by atoms with Crippen LogP contribution in [0, 0.1) is 17.8 Å². The van der Waals surface area contributed by atoms with Gasteiger partial charge in [0.05, 0.1) is 12.3 Å². The summed E-state index contributed by atoms with van der Waals surface area (Å²) in [5, 5.41) is 0. The summed E-state index contributed by atoms with van der Waals surface area (Å²) in [6.45, 7) is 3.78. The number of carbonyl (C=O) groups is 2. The molecule has 3 nitrogen and oxygen atoms in total. The predicted octanol–water partition coefficient (Wildman–Crippen LogP) is 7.11. The number of aryl methyl sites for hydroxylation is 1. The maximum atomic E-state index is 13.2. The largest absolute Gasteiger partial charge is 0.457 e. The topological polar surface area (TPSA) is 43.4 Å². The number of carbonyl (C=O) groups excluding carboxylic acids is 2. The van der Waals surface area contributed by atoms with Gasteiger partial charge >= 0.3 is 5.97 Å². The lowest BCUT2D eigenvalue weighted by Crippen LogP contribution is -2.22. The van der Waals surface area contributed by atoms with Crippen molar-refractivity contribution < 1.29 is 14.3 Å². The number of ether oxygens (including phenoxy) is 1. The maximum absolute atomic E-state index is 13.2. The van der Waals surface area contributed by atoms with Crippen LogP contribution in [0.1, 0.15) is 80.6 Å². The minimum Gasteiger partial charge on any atom is -0.457 e. The summed E-state index contributed by atoms with van der Waals surface area (Å²) in [5.74, 6) is 0.823. The third-order valence-electron chi connectivity index (χ3n) is 7.55. The molecule has 0 aromatic heterocycles. The molecular weight excluding hydrogens is 408 g/mol. The molecule has 1 aliphatic carbocycles. The molecule has 0 bridgehead atoms. The van der Waals surface area contributed by atoms with E-state index >= 15 is 0 Å². The van der Waals surface area contributed by atoms with Gasteiger partial charge in [0.2, 0.25) is 0 Å². The van der Waals surface area contributed by atoms with Crippen LogP contribution < -0.4 is 0 Å². The Kier molecular flexibility index (Phi) is 8.15. The third-order valence-corrected chi connectivity index (χ3v) is 7.55. The molecule has 2 aromatic carbocycles. The molecule has 2 fully saturated rings. The highest BCUT2D eigenvalue weighted by molar-refractivity contribution is 5.88. The number of hydrogen-bond donors (Lipinski definition) is 0. The SMILES string of the molecule is C=Cc1ccc([C@H]2OC(=O)C[C@@H]2C(=O)CC2CCCC(CCc3ccccc3)CCC2)cc1. The first-order valence-electron chi connectivity index (χ1n) is 12.6.